The minimum absolute atomic E-state index is 0.226. The number of aliphatic hydroxyl groups is 1. The van der Waals surface area contributed by atoms with E-state index < -0.39 is 24.7 Å². The van der Waals surface area contributed by atoms with Gasteiger partial charge in [-0.2, -0.15) is 22.7 Å². The molecular formula is C7H7F5N2O. The van der Waals surface area contributed by atoms with Crippen LogP contribution in [0, 0.1) is 0 Å². The van der Waals surface area contributed by atoms with Crippen molar-refractivity contribution in [1.29, 1.82) is 0 Å². The highest BCUT2D eigenvalue weighted by Crippen LogP contribution is 2.41. The summed E-state index contributed by atoms with van der Waals surface area (Å²) < 4.78 is 62.5. The van der Waals surface area contributed by atoms with E-state index in [1.807, 2.05) is 0 Å². The van der Waals surface area contributed by atoms with Gasteiger partial charge in [0.15, 0.2) is 6.67 Å². The Kier molecular flexibility index (Phi) is 2.98. The van der Waals surface area contributed by atoms with Gasteiger partial charge in [-0.1, -0.05) is 0 Å². The maximum Gasteiger partial charge on any atom is 0.358 e. The van der Waals surface area contributed by atoms with Gasteiger partial charge in [0.1, 0.15) is 0 Å². The second-order valence-corrected chi connectivity index (χ2v) is 2.82. The normalized spacial score (nSPS) is 15.3. The lowest BCUT2D eigenvalue weighted by atomic mass is 10.1. The monoisotopic (exact) mass is 230 g/mol. The first-order valence-corrected chi connectivity index (χ1v) is 3.81. The van der Waals surface area contributed by atoms with E-state index in [0.717, 1.165) is 18.5 Å². The molecule has 3 nitrogen and oxygen atoms in total. The summed E-state index contributed by atoms with van der Waals surface area (Å²) in [5.41, 5.74) is 0. The van der Waals surface area contributed by atoms with Crippen molar-refractivity contribution in [3.63, 3.8) is 0 Å². The molecule has 0 aliphatic rings. The van der Waals surface area contributed by atoms with Gasteiger partial charge in [-0.05, 0) is 6.07 Å². The van der Waals surface area contributed by atoms with E-state index in [1.165, 1.54) is 0 Å². The average Bonchev–Trinajstić information content (AvgIpc) is 2.69. The molecule has 1 unspecified atom stereocenters. The van der Waals surface area contributed by atoms with Crippen LogP contribution in [0.1, 0.15) is 6.23 Å². The van der Waals surface area contributed by atoms with Gasteiger partial charge in [-0.15, -0.1) is 0 Å². The van der Waals surface area contributed by atoms with E-state index in [-0.39, 0.29) is 4.68 Å². The predicted molar refractivity (Wildman–Crippen MR) is 39.4 cm³/mol. The van der Waals surface area contributed by atoms with Crippen LogP contribution in [0.2, 0.25) is 0 Å². The highest BCUT2D eigenvalue weighted by atomic mass is 19.3. The molecule has 0 saturated heterocycles. The maximum atomic E-state index is 12.9. The minimum atomic E-state index is -4.93. The lowest BCUT2D eigenvalue weighted by molar-refractivity contribution is -0.278. The van der Waals surface area contributed by atoms with Crippen molar-refractivity contribution in [2.45, 2.75) is 18.1 Å². The molecule has 86 valence electrons. The first-order valence-electron chi connectivity index (χ1n) is 3.81. The molecule has 1 N–H and O–H groups in total. The first-order chi connectivity index (χ1) is 6.83. The van der Waals surface area contributed by atoms with Crippen LogP contribution in [0.3, 0.4) is 0 Å². The Morgan fingerprint density at radius 2 is 1.93 bits per heavy atom. The number of halogens is 5. The lowest BCUT2D eigenvalue weighted by Gasteiger charge is -2.28. The summed E-state index contributed by atoms with van der Waals surface area (Å²) in [5.74, 6) is -9.86. The minimum Gasteiger partial charge on any atom is -0.367 e. The van der Waals surface area contributed by atoms with Crippen LogP contribution < -0.4 is 0 Å². The van der Waals surface area contributed by atoms with E-state index >= 15 is 0 Å². The van der Waals surface area contributed by atoms with Crippen LogP contribution in [-0.4, -0.2) is 33.4 Å². The van der Waals surface area contributed by atoms with Gasteiger partial charge in [0.25, 0.3) is 0 Å². The number of hydrogen-bond acceptors (Lipinski definition) is 2. The summed E-state index contributed by atoms with van der Waals surface area (Å²) in [7, 11) is 0. The number of hydrogen-bond donors (Lipinski definition) is 1. The molecule has 0 fully saturated rings. The van der Waals surface area contributed by atoms with Crippen molar-refractivity contribution in [2.75, 3.05) is 6.67 Å². The molecule has 0 aliphatic heterocycles. The third kappa shape index (κ3) is 1.94. The molecule has 1 rings (SSSR count). The Morgan fingerprint density at radius 1 is 1.33 bits per heavy atom. The van der Waals surface area contributed by atoms with Crippen molar-refractivity contribution in [1.82, 2.24) is 9.78 Å². The van der Waals surface area contributed by atoms with Gasteiger partial charge < -0.3 is 5.11 Å². The van der Waals surface area contributed by atoms with E-state index in [9.17, 15) is 22.0 Å². The smallest absolute Gasteiger partial charge is 0.358 e. The zero-order valence-corrected chi connectivity index (χ0v) is 7.25. The van der Waals surface area contributed by atoms with Gasteiger partial charge in [0, 0.05) is 12.4 Å². The number of alkyl halides is 5. The quantitative estimate of drug-likeness (QED) is 0.798. The van der Waals surface area contributed by atoms with Crippen LogP contribution in [0.4, 0.5) is 22.0 Å². The highest BCUT2D eigenvalue weighted by molar-refractivity contribution is 4.91. The summed E-state index contributed by atoms with van der Waals surface area (Å²) in [6.45, 7) is -2.56. The summed E-state index contributed by atoms with van der Waals surface area (Å²) in [6, 6.07) is 1.16. The van der Waals surface area contributed by atoms with Crippen molar-refractivity contribution < 1.29 is 27.1 Å². The molecule has 1 atom stereocenters. The predicted octanol–water partition coefficient (Wildman–Crippen LogP) is 1.61. The molecule has 0 bridgehead atoms. The van der Waals surface area contributed by atoms with Gasteiger partial charge in [-0.25, -0.2) is 9.07 Å². The van der Waals surface area contributed by atoms with Crippen LogP contribution in [0.25, 0.3) is 0 Å². The standard InChI is InChI=1S/C7H7F5N2O/c8-4-6(9,10)7(11,12)5(15)14-3-1-2-13-14/h1-3,5,15H,4H2. The molecule has 1 aromatic rings. The van der Waals surface area contributed by atoms with Crippen LogP contribution >= 0.6 is 0 Å². The third-order valence-corrected chi connectivity index (χ3v) is 1.76. The molecule has 0 spiro atoms. The molecule has 0 aromatic carbocycles. The molecule has 0 aliphatic carbocycles. The molecule has 8 heteroatoms. The molecule has 0 amide bonds. The number of nitrogens with zero attached hydrogens (tertiary/aromatic N) is 2. The average molecular weight is 230 g/mol. The Hall–Kier alpha value is -1.18. The first kappa shape index (κ1) is 11.9. The van der Waals surface area contributed by atoms with E-state index in [1.54, 1.807) is 0 Å². The zero-order valence-electron chi connectivity index (χ0n) is 7.25. The maximum absolute atomic E-state index is 12.9. The number of aliphatic hydroxyl groups excluding tert-OH is 1. The van der Waals surface area contributed by atoms with Crippen molar-refractivity contribution in [3.8, 4) is 0 Å². The molecule has 1 aromatic heterocycles. The molecule has 0 radical (unpaired) electrons. The fourth-order valence-corrected chi connectivity index (χ4v) is 0.869. The fraction of sp³-hybridized carbons (Fsp3) is 0.571. The summed E-state index contributed by atoms with van der Waals surface area (Å²) >= 11 is 0. The molecule has 1 heterocycles. The SMILES string of the molecule is OC(n1cccn1)C(F)(F)C(F)(F)CF. The number of aromatic nitrogens is 2. The summed E-state index contributed by atoms with van der Waals surface area (Å²) in [4.78, 5) is 0. The van der Waals surface area contributed by atoms with Crippen LogP contribution in [0.15, 0.2) is 18.5 Å². The fourth-order valence-electron chi connectivity index (χ4n) is 0.869. The molecule has 0 saturated carbocycles. The van der Waals surface area contributed by atoms with E-state index in [0.29, 0.717) is 0 Å². The van der Waals surface area contributed by atoms with Gasteiger partial charge >= 0.3 is 11.8 Å². The third-order valence-electron chi connectivity index (χ3n) is 1.76. The Bertz CT molecular complexity index is 313. The lowest BCUT2D eigenvalue weighted by Crippen LogP contribution is -2.48. The zero-order chi connectivity index (χ0) is 11.7. The van der Waals surface area contributed by atoms with E-state index in [2.05, 4.69) is 5.10 Å². The van der Waals surface area contributed by atoms with Gasteiger partial charge in [-0.3, -0.25) is 0 Å². The van der Waals surface area contributed by atoms with Crippen LogP contribution in [0.5, 0.6) is 0 Å². The largest absolute Gasteiger partial charge is 0.367 e. The topological polar surface area (TPSA) is 38.0 Å². The second kappa shape index (κ2) is 3.76. The number of rotatable bonds is 4. The summed E-state index contributed by atoms with van der Waals surface area (Å²) in [5, 5.41) is 12.1. The highest BCUT2D eigenvalue weighted by Gasteiger charge is 2.62. The molecule has 15 heavy (non-hydrogen) atoms. The van der Waals surface area contributed by atoms with E-state index in [4.69, 9.17) is 5.11 Å². The second-order valence-electron chi connectivity index (χ2n) is 2.82. The van der Waals surface area contributed by atoms with Crippen molar-refractivity contribution >= 4 is 0 Å². The summed E-state index contributed by atoms with van der Waals surface area (Å²) in [6.07, 6.45) is -1.02. The van der Waals surface area contributed by atoms with Crippen molar-refractivity contribution in [2.24, 2.45) is 0 Å². The van der Waals surface area contributed by atoms with Gasteiger partial charge in [0.05, 0.1) is 0 Å². The van der Waals surface area contributed by atoms with Gasteiger partial charge in [0.2, 0.25) is 6.23 Å². The Balaban J connectivity index is 2.96. The molecular weight excluding hydrogens is 223 g/mol. The van der Waals surface area contributed by atoms with Crippen LogP contribution in [-0.2, 0) is 0 Å². The Morgan fingerprint density at radius 3 is 2.33 bits per heavy atom. The van der Waals surface area contributed by atoms with Crippen molar-refractivity contribution in [3.05, 3.63) is 18.5 Å². The Labute approximate surface area is 81.1 Å².